The molecule has 0 spiro atoms. The van der Waals surface area contributed by atoms with Crippen LogP contribution in [0, 0.1) is 3.57 Å². The lowest BCUT2D eigenvalue weighted by molar-refractivity contribution is -0.129. The summed E-state index contributed by atoms with van der Waals surface area (Å²) in [7, 11) is 0. The number of imidazole rings is 1. The van der Waals surface area contributed by atoms with Crippen molar-refractivity contribution in [3.8, 4) is 17.0 Å². The van der Waals surface area contributed by atoms with Gasteiger partial charge in [0.05, 0.1) is 23.5 Å². The first-order valence-electron chi connectivity index (χ1n) is 12.0. The summed E-state index contributed by atoms with van der Waals surface area (Å²) in [5.74, 6) is 0.677. The summed E-state index contributed by atoms with van der Waals surface area (Å²) in [4.78, 5) is 36.0. The van der Waals surface area contributed by atoms with Crippen LogP contribution in [-0.4, -0.2) is 45.1 Å². The predicted molar refractivity (Wildman–Crippen MR) is 152 cm³/mol. The minimum Gasteiger partial charge on any atom is -0.491 e. The van der Waals surface area contributed by atoms with Gasteiger partial charge >= 0.3 is 6.03 Å². The Hall–Kier alpha value is -3.41. The van der Waals surface area contributed by atoms with Crippen LogP contribution in [0.15, 0.2) is 79.0 Å². The molecule has 0 radical (unpaired) electrons. The van der Waals surface area contributed by atoms with E-state index in [2.05, 4.69) is 37.9 Å². The molecule has 1 fully saturated rings. The molecule has 1 unspecified atom stereocenters. The summed E-state index contributed by atoms with van der Waals surface area (Å²) in [5, 5.41) is 12.3. The number of nitrogens with zero attached hydrogens (tertiary/aromatic N) is 2. The van der Waals surface area contributed by atoms with Gasteiger partial charge in [0.25, 0.3) is 5.91 Å². The van der Waals surface area contributed by atoms with Crippen LogP contribution in [0.2, 0.25) is 5.02 Å². The number of rotatable bonds is 9. The Morgan fingerprint density at radius 1 is 1.08 bits per heavy atom. The van der Waals surface area contributed by atoms with Crippen molar-refractivity contribution in [1.82, 2.24) is 20.2 Å². The van der Waals surface area contributed by atoms with Crippen LogP contribution in [0.4, 0.5) is 4.79 Å². The van der Waals surface area contributed by atoms with Gasteiger partial charge in [-0.25, -0.2) is 9.78 Å². The number of carbonyl (C=O) groups is 2. The third-order valence-corrected chi connectivity index (χ3v) is 7.24. The summed E-state index contributed by atoms with van der Waals surface area (Å²) < 4.78 is 6.41. The maximum atomic E-state index is 13.7. The lowest BCUT2D eigenvalue weighted by atomic mass is 10.0. The zero-order chi connectivity index (χ0) is 26.6. The van der Waals surface area contributed by atoms with Gasteiger partial charge in [0, 0.05) is 15.6 Å². The molecule has 3 aromatic carbocycles. The number of urea groups is 1. The maximum Gasteiger partial charge on any atom is 0.325 e. The van der Waals surface area contributed by atoms with Crippen LogP contribution in [0.1, 0.15) is 29.0 Å². The predicted octanol–water partition coefficient (Wildman–Crippen LogP) is 5.28. The molecule has 1 aliphatic heterocycles. The molecule has 2 heterocycles. The van der Waals surface area contributed by atoms with Gasteiger partial charge in [-0.05, 0) is 58.0 Å². The number of hydrogen-bond donors (Lipinski definition) is 3. The molecule has 0 bridgehead atoms. The van der Waals surface area contributed by atoms with E-state index in [9.17, 15) is 9.59 Å². The average molecular weight is 643 g/mol. The fourth-order valence-corrected chi connectivity index (χ4v) is 5.39. The van der Waals surface area contributed by atoms with Crippen molar-refractivity contribution in [2.24, 2.45) is 0 Å². The van der Waals surface area contributed by atoms with Gasteiger partial charge in [-0.3, -0.25) is 9.69 Å². The molecule has 2 atom stereocenters. The number of imide groups is 1. The van der Waals surface area contributed by atoms with Gasteiger partial charge in [0.15, 0.2) is 0 Å². The molecule has 38 heavy (non-hydrogen) atoms. The molecule has 5 rings (SSSR count). The second kappa shape index (κ2) is 11.5. The Bertz CT molecular complexity index is 1450. The zero-order valence-electron chi connectivity index (χ0n) is 20.1. The van der Waals surface area contributed by atoms with Gasteiger partial charge in [0.2, 0.25) is 0 Å². The third-order valence-electron chi connectivity index (χ3n) is 6.26. The summed E-state index contributed by atoms with van der Waals surface area (Å²) in [6.07, 6.45) is 2.05. The second-order valence-corrected chi connectivity index (χ2v) is 10.4. The van der Waals surface area contributed by atoms with Crippen LogP contribution >= 0.6 is 34.2 Å². The number of halogens is 2. The monoisotopic (exact) mass is 642 g/mol. The van der Waals surface area contributed by atoms with Gasteiger partial charge in [0.1, 0.15) is 30.3 Å². The van der Waals surface area contributed by atoms with E-state index in [1.165, 1.54) is 4.90 Å². The summed E-state index contributed by atoms with van der Waals surface area (Å²) in [5.41, 5.74) is 3.06. The number of carbonyl (C=O) groups excluding carboxylic acids is 2. The topological polar surface area (TPSA) is 108 Å². The second-order valence-electron chi connectivity index (χ2n) is 8.74. The number of hydrogen-bond acceptors (Lipinski definition) is 5. The van der Waals surface area contributed by atoms with Gasteiger partial charge in [-0.1, -0.05) is 60.1 Å². The molecular weight excluding hydrogens is 619 g/mol. The van der Waals surface area contributed by atoms with E-state index in [-0.39, 0.29) is 19.1 Å². The molecular formula is C28H24ClIN4O4. The Morgan fingerprint density at radius 2 is 1.84 bits per heavy atom. The van der Waals surface area contributed by atoms with Crippen molar-refractivity contribution in [2.75, 3.05) is 13.2 Å². The van der Waals surface area contributed by atoms with E-state index in [0.29, 0.717) is 34.3 Å². The fraction of sp³-hybridized carbons (Fsp3) is 0.179. The number of ether oxygens (including phenoxy) is 1. The standard InChI is InChI=1S/C28H24ClIN4O4/c29-22-15-19(30)8-11-21(22)23-16-31-26(32-23)24(14-17-4-2-1-3-5-17)34-27(36)25(33-28(34)37)18-6-9-20(10-7-18)38-13-12-35/h1-11,15-16,24-25,35H,12-14H2,(H,31,32)(H,33,37)/t24-,25?/m1/s1. The molecule has 10 heteroatoms. The number of amides is 3. The Balaban J connectivity index is 1.46. The summed E-state index contributed by atoms with van der Waals surface area (Å²) in [6, 6.07) is 20.2. The first-order valence-corrected chi connectivity index (χ1v) is 13.4. The van der Waals surface area contributed by atoms with Gasteiger partial charge in [-0.2, -0.15) is 0 Å². The van der Waals surface area contributed by atoms with Crippen LogP contribution < -0.4 is 10.1 Å². The minimum atomic E-state index is -0.840. The number of H-pyrrole nitrogens is 1. The molecule has 3 N–H and O–H groups in total. The molecule has 3 amide bonds. The summed E-state index contributed by atoms with van der Waals surface area (Å²) >= 11 is 8.68. The molecule has 1 saturated heterocycles. The highest BCUT2D eigenvalue weighted by molar-refractivity contribution is 14.1. The number of benzene rings is 3. The quantitative estimate of drug-likeness (QED) is 0.170. The third kappa shape index (κ3) is 5.54. The summed E-state index contributed by atoms with van der Waals surface area (Å²) in [6.45, 7) is 0.0763. The lowest BCUT2D eigenvalue weighted by Gasteiger charge is -2.24. The number of aromatic amines is 1. The molecule has 0 aliphatic carbocycles. The van der Waals surface area contributed by atoms with Crippen molar-refractivity contribution < 1.29 is 19.4 Å². The van der Waals surface area contributed by atoms with Crippen molar-refractivity contribution in [1.29, 1.82) is 0 Å². The number of nitrogens with one attached hydrogen (secondary N) is 2. The van der Waals surface area contributed by atoms with Crippen molar-refractivity contribution in [2.45, 2.75) is 18.5 Å². The SMILES string of the molecule is O=C1NC(c2ccc(OCCO)cc2)C(=O)N1[C@H](Cc1ccccc1)c1ncc(-c2ccc(I)cc2Cl)[nH]1. The number of aliphatic hydroxyl groups is 1. The van der Waals surface area contributed by atoms with E-state index in [1.807, 2.05) is 48.5 Å². The highest BCUT2D eigenvalue weighted by atomic mass is 127. The Morgan fingerprint density at radius 3 is 2.55 bits per heavy atom. The van der Waals surface area contributed by atoms with E-state index >= 15 is 0 Å². The highest BCUT2D eigenvalue weighted by Gasteiger charge is 2.44. The molecule has 4 aromatic rings. The Labute approximate surface area is 238 Å². The minimum absolute atomic E-state index is 0.0963. The molecule has 8 nitrogen and oxygen atoms in total. The lowest BCUT2D eigenvalue weighted by Crippen LogP contribution is -2.36. The largest absolute Gasteiger partial charge is 0.491 e. The maximum absolute atomic E-state index is 13.7. The number of aromatic nitrogens is 2. The van der Waals surface area contributed by atoms with E-state index < -0.39 is 18.1 Å². The first-order chi connectivity index (χ1) is 18.4. The van der Waals surface area contributed by atoms with Gasteiger partial charge < -0.3 is 20.1 Å². The Kier molecular flexibility index (Phi) is 7.96. The normalized spacial score (nSPS) is 16.0. The molecule has 194 valence electrons. The van der Waals surface area contributed by atoms with E-state index in [4.69, 9.17) is 21.4 Å². The van der Waals surface area contributed by atoms with Crippen LogP contribution in [0.25, 0.3) is 11.3 Å². The van der Waals surface area contributed by atoms with Crippen molar-refractivity contribution in [3.05, 3.63) is 105 Å². The van der Waals surface area contributed by atoms with Crippen LogP contribution in [0.3, 0.4) is 0 Å². The van der Waals surface area contributed by atoms with Gasteiger partial charge in [-0.15, -0.1) is 0 Å². The van der Waals surface area contributed by atoms with Crippen LogP contribution in [0.5, 0.6) is 5.75 Å². The highest BCUT2D eigenvalue weighted by Crippen LogP contribution is 2.34. The van der Waals surface area contributed by atoms with Crippen molar-refractivity contribution in [3.63, 3.8) is 0 Å². The molecule has 1 aromatic heterocycles. The zero-order valence-corrected chi connectivity index (χ0v) is 23.0. The smallest absolute Gasteiger partial charge is 0.325 e. The fourth-order valence-electron chi connectivity index (χ4n) is 4.43. The van der Waals surface area contributed by atoms with Crippen LogP contribution in [-0.2, 0) is 11.2 Å². The first kappa shape index (κ1) is 26.2. The van der Waals surface area contributed by atoms with E-state index in [1.54, 1.807) is 30.5 Å². The number of aliphatic hydroxyl groups excluding tert-OH is 1. The molecule has 0 saturated carbocycles. The average Bonchev–Trinajstić information content (AvgIpc) is 3.51. The van der Waals surface area contributed by atoms with E-state index in [0.717, 1.165) is 14.7 Å². The van der Waals surface area contributed by atoms with Crippen molar-refractivity contribution >= 4 is 46.1 Å². The molecule has 1 aliphatic rings.